The number of nitrogens with one attached hydrogen (secondary N) is 1. The van der Waals surface area contributed by atoms with Gasteiger partial charge in [0.25, 0.3) is 5.56 Å². The molecule has 0 amide bonds. The van der Waals surface area contributed by atoms with Gasteiger partial charge in [0.1, 0.15) is 25.7 Å². The zero-order chi connectivity index (χ0) is 21.1. The van der Waals surface area contributed by atoms with Gasteiger partial charge < -0.3 is 14.7 Å². The van der Waals surface area contributed by atoms with Crippen LogP contribution in [0.15, 0.2) is 52.4 Å². The second kappa shape index (κ2) is 9.31. The van der Waals surface area contributed by atoms with E-state index in [2.05, 4.69) is 0 Å². The first-order valence-electron chi connectivity index (χ1n) is 10.3. The molecule has 6 nitrogen and oxygen atoms in total. The number of nitrogens with zero attached hydrogens (tertiary/aromatic N) is 2. The molecule has 0 radical (unpaired) electrons. The Kier molecular flexibility index (Phi) is 6.53. The molecule has 1 aliphatic heterocycles. The van der Waals surface area contributed by atoms with Crippen LogP contribution < -0.4 is 10.5 Å². The van der Waals surface area contributed by atoms with Crippen molar-refractivity contribution in [3.05, 3.63) is 63.9 Å². The van der Waals surface area contributed by atoms with Gasteiger partial charge in [-0.15, -0.1) is 0 Å². The van der Waals surface area contributed by atoms with Crippen LogP contribution in [0.3, 0.4) is 0 Å². The smallest absolute Gasteiger partial charge is 0.266 e. The number of thioether (sulfide) groups is 1. The second-order valence-corrected chi connectivity index (χ2v) is 8.79. The Balaban J connectivity index is 1.67. The van der Waals surface area contributed by atoms with E-state index in [0.717, 1.165) is 43.1 Å². The van der Waals surface area contributed by atoms with Gasteiger partial charge in [-0.3, -0.25) is 9.36 Å². The monoisotopic (exact) mass is 426 g/mol. The average Bonchev–Trinajstić information content (AvgIpc) is 2.75. The standard InChI is InChI=1S/C23H27N3O3S/c1-16-6-5-9-21(17(16)2)26-22(28)19-7-3-4-8-20(19)24-23(26)30-15-18(27)14-25-10-12-29-13-11-25/h3-9,18,27H,10-15H2,1-2H3/p+1/t18-/m0/s1. The molecule has 0 aliphatic carbocycles. The van der Waals surface area contributed by atoms with Crippen molar-refractivity contribution in [2.75, 3.05) is 38.6 Å². The summed E-state index contributed by atoms with van der Waals surface area (Å²) in [5, 5.41) is 11.8. The Bertz CT molecular complexity index is 1090. The number of rotatable bonds is 6. The van der Waals surface area contributed by atoms with Crippen molar-refractivity contribution < 1.29 is 14.7 Å². The predicted molar refractivity (Wildman–Crippen MR) is 120 cm³/mol. The molecule has 0 spiro atoms. The minimum atomic E-state index is -0.474. The van der Waals surface area contributed by atoms with Gasteiger partial charge in [0, 0.05) is 5.75 Å². The maximum absolute atomic E-state index is 13.4. The van der Waals surface area contributed by atoms with Crippen molar-refractivity contribution in [3.63, 3.8) is 0 Å². The molecule has 0 saturated carbocycles. The number of benzene rings is 2. The van der Waals surface area contributed by atoms with Crippen LogP contribution in [0.5, 0.6) is 0 Å². The molecular weight excluding hydrogens is 398 g/mol. The fourth-order valence-corrected chi connectivity index (χ4v) is 4.76. The number of ether oxygens (including phenoxy) is 1. The number of quaternary nitrogens is 1. The summed E-state index contributed by atoms with van der Waals surface area (Å²) in [5.74, 6) is 0.486. The van der Waals surface area contributed by atoms with E-state index in [9.17, 15) is 9.90 Å². The first kappa shape index (κ1) is 21.1. The van der Waals surface area contributed by atoms with Crippen molar-refractivity contribution in [3.8, 4) is 5.69 Å². The normalized spacial score (nSPS) is 16.1. The van der Waals surface area contributed by atoms with Gasteiger partial charge in [0.05, 0.1) is 29.8 Å². The molecule has 0 bridgehead atoms. The van der Waals surface area contributed by atoms with Gasteiger partial charge in [-0.2, -0.15) is 0 Å². The van der Waals surface area contributed by atoms with Crippen molar-refractivity contribution in [2.45, 2.75) is 25.1 Å². The van der Waals surface area contributed by atoms with E-state index in [0.29, 0.717) is 28.4 Å². The van der Waals surface area contributed by atoms with Crippen molar-refractivity contribution >= 4 is 22.7 Å². The molecule has 1 saturated heterocycles. The number of aryl methyl sites for hydroxylation is 1. The third-order valence-corrected chi connectivity index (χ3v) is 6.77. The third-order valence-electron chi connectivity index (χ3n) is 5.69. The lowest BCUT2D eigenvalue weighted by atomic mass is 10.1. The maximum atomic E-state index is 13.4. The van der Waals surface area contributed by atoms with Crippen LogP contribution in [0.25, 0.3) is 16.6 Å². The molecule has 30 heavy (non-hydrogen) atoms. The Hall–Kier alpha value is -2.19. The van der Waals surface area contributed by atoms with Gasteiger partial charge >= 0.3 is 0 Å². The number of hydrogen-bond donors (Lipinski definition) is 2. The quantitative estimate of drug-likeness (QED) is 0.460. The van der Waals surface area contributed by atoms with Crippen LogP contribution in [-0.2, 0) is 4.74 Å². The highest BCUT2D eigenvalue weighted by Gasteiger charge is 2.21. The Morgan fingerprint density at radius 2 is 1.93 bits per heavy atom. The van der Waals surface area contributed by atoms with Crippen LogP contribution >= 0.6 is 11.8 Å². The van der Waals surface area contributed by atoms with Crippen molar-refractivity contribution in [1.29, 1.82) is 0 Å². The largest absolute Gasteiger partial charge is 0.386 e. The van der Waals surface area contributed by atoms with Gasteiger partial charge in [0.2, 0.25) is 0 Å². The lowest BCUT2D eigenvalue weighted by molar-refractivity contribution is -0.910. The molecule has 158 valence electrons. The lowest BCUT2D eigenvalue weighted by Gasteiger charge is -2.25. The zero-order valence-electron chi connectivity index (χ0n) is 17.4. The third kappa shape index (κ3) is 4.44. The summed E-state index contributed by atoms with van der Waals surface area (Å²) in [5.41, 5.74) is 3.62. The minimum absolute atomic E-state index is 0.0786. The molecule has 3 aromatic rings. The van der Waals surface area contributed by atoms with Crippen LogP contribution in [0.4, 0.5) is 0 Å². The number of para-hydroxylation sites is 1. The van der Waals surface area contributed by atoms with E-state index in [-0.39, 0.29) is 5.56 Å². The van der Waals surface area contributed by atoms with Gasteiger partial charge in [-0.1, -0.05) is 36.0 Å². The maximum Gasteiger partial charge on any atom is 0.266 e. The van der Waals surface area contributed by atoms with Crippen molar-refractivity contribution in [1.82, 2.24) is 9.55 Å². The first-order valence-corrected chi connectivity index (χ1v) is 11.3. The Morgan fingerprint density at radius 3 is 2.73 bits per heavy atom. The number of fused-ring (bicyclic) bond motifs is 1. The van der Waals surface area contributed by atoms with E-state index in [4.69, 9.17) is 9.72 Å². The van der Waals surface area contributed by atoms with Crippen LogP contribution in [0.1, 0.15) is 11.1 Å². The average molecular weight is 427 g/mol. The molecule has 7 heteroatoms. The van der Waals surface area contributed by atoms with E-state index in [1.807, 2.05) is 56.3 Å². The molecule has 0 unspecified atom stereocenters. The van der Waals surface area contributed by atoms with E-state index in [1.165, 1.54) is 16.7 Å². The topological polar surface area (TPSA) is 68.8 Å². The molecule has 1 atom stereocenters. The molecule has 1 aromatic heterocycles. The van der Waals surface area contributed by atoms with Crippen LogP contribution in [0.2, 0.25) is 0 Å². The zero-order valence-corrected chi connectivity index (χ0v) is 18.2. The van der Waals surface area contributed by atoms with Gasteiger partial charge in [0.15, 0.2) is 5.16 Å². The second-order valence-electron chi connectivity index (χ2n) is 7.80. The summed E-state index contributed by atoms with van der Waals surface area (Å²) in [7, 11) is 0. The summed E-state index contributed by atoms with van der Waals surface area (Å²) in [6.45, 7) is 8.07. The molecule has 2 heterocycles. The summed E-state index contributed by atoms with van der Waals surface area (Å²) < 4.78 is 7.09. The molecular formula is C23H28N3O3S+. The highest BCUT2D eigenvalue weighted by molar-refractivity contribution is 7.99. The molecule has 4 rings (SSSR count). The Labute approximate surface area is 180 Å². The number of aromatic nitrogens is 2. The van der Waals surface area contributed by atoms with Gasteiger partial charge in [-0.05, 0) is 43.2 Å². The van der Waals surface area contributed by atoms with E-state index >= 15 is 0 Å². The summed E-state index contributed by atoms with van der Waals surface area (Å²) in [4.78, 5) is 19.5. The number of aliphatic hydroxyl groups is 1. The van der Waals surface area contributed by atoms with Crippen molar-refractivity contribution in [2.24, 2.45) is 0 Å². The van der Waals surface area contributed by atoms with Crippen LogP contribution in [0, 0.1) is 13.8 Å². The SMILES string of the molecule is Cc1cccc(-n2c(SC[C@@H](O)C[NH+]3CCOCC3)nc3ccccc3c2=O)c1C. The number of aliphatic hydroxyl groups excluding tert-OH is 1. The molecule has 1 fully saturated rings. The number of hydrogen-bond acceptors (Lipinski definition) is 5. The Morgan fingerprint density at radius 1 is 1.17 bits per heavy atom. The summed E-state index contributed by atoms with van der Waals surface area (Å²) in [6, 6.07) is 13.4. The summed E-state index contributed by atoms with van der Waals surface area (Å²) in [6.07, 6.45) is -0.474. The van der Waals surface area contributed by atoms with E-state index in [1.54, 1.807) is 4.57 Å². The fraction of sp³-hybridized carbons (Fsp3) is 0.391. The van der Waals surface area contributed by atoms with Gasteiger partial charge in [-0.25, -0.2) is 4.98 Å². The number of morpholine rings is 1. The van der Waals surface area contributed by atoms with E-state index < -0.39 is 6.10 Å². The summed E-state index contributed by atoms with van der Waals surface area (Å²) >= 11 is 1.44. The van der Waals surface area contributed by atoms with Crippen LogP contribution in [-0.4, -0.2) is 59.4 Å². The minimum Gasteiger partial charge on any atom is -0.386 e. The fourth-order valence-electron chi connectivity index (χ4n) is 3.83. The predicted octanol–water partition coefficient (Wildman–Crippen LogP) is 1.37. The highest BCUT2D eigenvalue weighted by Crippen LogP contribution is 2.24. The first-order chi connectivity index (χ1) is 14.5. The molecule has 1 aliphatic rings. The highest BCUT2D eigenvalue weighted by atomic mass is 32.2. The molecule has 2 N–H and O–H groups in total. The lowest BCUT2D eigenvalue weighted by Crippen LogP contribution is -3.15. The molecule has 2 aromatic carbocycles.